The maximum absolute atomic E-state index is 12.2. The molecule has 0 aromatic heterocycles. The monoisotopic (exact) mass is 393 g/mol. The van der Waals surface area contributed by atoms with E-state index in [9.17, 15) is 21.6 Å². The number of methoxy groups -OCH3 is 1. The predicted molar refractivity (Wildman–Crippen MR) is 95.4 cm³/mol. The SMILES string of the molecule is CNS(=O)(=O)CCNC(=O)C(C)CS(=O)(=O)Nc1cccc(OC)c1. The van der Waals surface area contributed by atoms with E-state index < -0.39 is 37.6 Å². The number of ether oxygens (including phenoxy) is 1. The predicted octanol–water partition coefficient (Wildman–Crippen LogP) is -0.262. The van der Waals surface area contributed by atoms with Crippen molar-refractivity contribution in [3.8, 4) is 5.75 Å². The molecule has 9 nitrogen and oxygen atoms in total. The molecule has 1 atom stereocenters. The van der Waals surface area contributed by atoms with Crippen molar-refractivity contribution in [1.82, 2.24) is 10.0 Å². The van der Waals surface area contributed by atoms with Crippen LogP contribution in [-0.4, -0.2) is 55.0 Å². The first-order chi connectivity index (χ1) is 11.6. The number of sulfonamides is 2. The number of benzene rings is 1. The molecule has 0 saturated carbocycles. The van der Waals surface area contributed by atoms with Gasteiger partial charge in [0.05, 0.1) is 30.2 Å². The molecule has 0 fully saturated rings. The van der Waals surface area contributed by atoms with Crippen LogP contribution in [0.4, 0.5) is 5.69 Å². The molecule has 1 aromatic carbocycles. The zero-order valence-corrected chi connectivity index (χ0v) is 15.9. The van der Waals surface area contributed by atoms with Gasteiger partial charge in [-0.15, -0.1) is 0 Å². The molecule has 0 saturated heterocycles. The van der Waals surface area contributed by atoms with Gasteiger partial charge >= 0.3 is 0 Å². The first-order valence-corrected chi connectivity index (χ1v) is 10.7. The largest absolute Gasteiger partial charge is 0.497 e. The first-order valence-electron chi connectivity index (χ1n) is 7.42. The summed E-state index contributed by atoms with van der Waals surface area (Å²) in [6.45, 7) is 1.35. The lowest BCUT2D eigenvalue weighted by Gasteiger charge is -2.14. The summed E-state index contributed by atoms with van der Waals surface area (Å²) in [6.07, 6.45) is 0. The number of anilines is 1. The molecule has 0 aliphatic rings. The number of rotatable bonds is 10. The highest BCUT2D eigenvalue weighted by atomic mass is 32.2. The summed E-state index contributed by atoms with van der Waals surface area (Å²) in [5.74, 6) is -1.61. The van der Waals surface area contributed by atoms with Gasteiger partial charge < -0.3 is 10.1 Å². The fourth-order valence-electron chi connectivity index (χ4n) is 1.90. The van der Waals surface area contributed by atoms with Crippen LogP contribution in [0.25, 0.3) is 0 Å². The quantitative estimate of drug-likeness (QED) is 0.502. The fraction of sp³-hybridized carbons (Fsp3) is 0.500. The minimum atomic E-state index is -3.76. The van der Waals surface area contributed by atoms with E-state index >= 15 is 0 Å². The standard InChI is InChI=1S/C14H23N3O6S2/c1-11(14(18)16-7-8-24(19,20)15-2)10-25(21,22)17-12-5-4-6-13(9-12)23-3/h4-6,9,11,15,17H,7-8,10H2,1-3H3,(H,16,18). The molecule has 1 unspecified atom stereocenters. The van der Waals surface area contributed by atoms with Crippen LogP contribution in [-0.2, 0) is 24.8 Å². The van der Waals surface area contributed by atoms with Gasteiger partial charge in [-0.25, -0.2) is 21.6 Å². The van der Waals surface area contributed by atoms with E-state index in [0.29, 0.717) is 11.4 Å². The molecular weight excluding hydrogens is 370 g/mol. The lowest BCUT2D eigenvalue weighted by molar-refractivity contribution is -0.123. The molecular formula is C14H23N3O6S2. The highest BCUT2D eigenvalue weighted by Crippen LogP contribution is 2.18. The smallest absolute Gasteiger partial charge is 0.233 e. The molecule has 0 aliphatic heterocycles. The third-order valence-electron chi connectivity index (χ3n) is 3.24. The lowest BCUT2D eigenvalue weighted by Crippen LogP contribution is -2.38. The maximum atomic E-state index is 12.2. The molecule has 25 heavy (non-hydrogen) atoms. The van der Waals surface area contributed by atoms with Crippen LogP contribution < -0.4 is 19.5 Å². The lowest BCUT2D eigenvalue weighted by atomic mass is 10.2. The maximum Gasteiger partial charge on any atom is 0.233 e. The van der Waals surface area contributed by atoms with E-state index in [2.05, 4.69) is 14.8 Å². The summed E-state index contributed by atoms with van der Waals surface area (Å²) in [5.41, 5.74) is 0.326. The number of hydrogen-bond acceptors (Lipinski definition) is 6. The van der Waals surface area contributed by atoms with Crippen molar-refractivity contribution in [3.63, 3.8) is 0 Å². The van der Waals surface area contributed by atoms with E-state index in [4.69, 9.17) is 4.74 Å². The Morgan fingerprint density at radius 1 is 1.20 bits per heavy atom. The molecule has 0 bridgehead atoms. The van der Waals surface area contributed by atoms with Crippen LogP contribution in [0.3, 0.4) is 0 Å². The zero-order valence-electron chi connectivity index (χ0n) is 14.3. The van der Waals surface area contributed by atoms with Crippen molar-refractivity contribution >= 4 is 31.6 Å². The van der Waals surface area contributed by atoms with E-state index in [1.807, 2.05) is 0 Å². The van der Waals surface area contributed by atoms with E-state index in [1.165, 1.54) is 27.1 Å². The number of carbonyl (C=O) groups is 1. The highest BCUT2D eigenvalue weighted by molar-refractivity contribution is 7.92. The molecule has 0 radical (unpaired) electrons. The van der Waals surface area contributed by atoms with Crippen molar-refractivity contribution in [1.29, 1.82) is 0 Å². The van der Waals surface area contributed by atoms with Crippen molar-refractivity contribution in [2.75, 3.05) is 36.9 Å². The Labute approximate surface area is 148 Å². The van der Waals surface area contributed by atoms with Crippen LogP contribution in [0.1, 0.15) is 6.92 Å². The Kier molecular flexibility index (Phi) is 7.64. The van der Waals surface area contributed by atoms with Crippen LogP contribution in [0.5, 0.6) is 5.75 Å². The zero-order chi connectivity index (χ0) is 19.1. The van der Waals surface area contributed by atoms with Crippen molar-refractivity contribution < 1.29 is 26.4 Å². The summed E-state index contributed by atoms with van der Waals surface area (Å²) in [7, 11) is -4.45. The van der Waals surface area contributed by atoms with Crippen LogP contribution in [0.15, 0.2) is 24.3 Å². The fourth-order valence-corrected chi connectivity index (χ4v) is 3.85. The van der Waals surface area contributed by atoms with Gasteiger partial charge in [-0.3, -0.25) is 9.52 Å². The van der Waals surface area contributed by atoms with Crippen molar-refractivity contribution in [2.24, 2.45) is 5.92 Å². The molecule has 1 amide bonds. The Balaban J connectivity index is 2.58. The molecule has 3 N–H and O–H groups in total. The molecule has 0 spiro atoms. The number of nitrogens with one attached hydrogen (secondary N) is 3. The number of amides is 1. The summed E-state index contributed by atoms with van der Waals surface area (Å²) >= 11 is 0. The highest BCUT2D eigenvalue weighted by Gasteiger charge is 2.22. The van der Waals surface area contributed by atoms with E-state index in [-0.39, 0.29) is 12.3 Å². The van der Waals surface area contributed by atoms with Gasteiger partial charge in [0, 0.05) is 12.6 Å². The van der Waals surface area contributed by atoms with Gasteiger partial charge in [0.2, 0.25) is 26.0 Å². The second kappa shape index (κ2) is 9.02. The average molecular weight is 393 g/mol. The van der Waals surface area contributed by atoms with Crippen LogP contribution in [0.2, 0.25) is 0 Å². The topological polar surface area (TPSA) is 131 Å². The Bertz CT molecular complexity index is 793. The Morgan fingerprint density at radius 2 is 1.88 bits per heavy atom. The molecule has 0 heterocycles. The van der Waals surface area contributed by atoms with Crippen LogP contribution >= 0.6 is 0 Å². The molecule has 142 valence electrons. The van der Waals surface area contributed by atoms with Crippen LogP contribution in [0, 0.1) is 5.92 Å². The van der Waals surface area contributed by atoms with Gasteiger partial charge in [0.1, 0.15) is 5.75 Å². The molecule has 1 aromatic rings. The van der Waals surface area contributed by atoms with Gasteiger partial charge in [-0.1, -0.05) is 13.0 Å². The average Bonchev–Trinajstić information content (AvgIpc) is 2.53. The minimum Gasteiger partial charge on any atom is -0.497 e. The van der Waals surface area contributed by atoms with Gasteiger partial charge in [-0.2, -0.15) is 0 Å². The molecule has 1 rings (SSSR count). The van der Waals surface area contributed by atoms with Gasteiger partial charge in [-0.05, 0) is 19.2 Å². The van der Waals surface area contributed by atoms with Crippen molar-refractivity contribution in [2.45, 2.75) is 6.92 Å². The first kappa shape index (κ1) is 21.2. The minimum absolute atomic E-state index is 0.101. The van der Waals surface area contributed by atoms with Gasteiger partial charge in [0.25, 0.3) is 0 Å². The second-order valence-electron chi connectivity index (χ2n) is 5.33. The Morgan fingerprint density at radius 3 is 2.48 bits per heavy atom. The van der Waals surface area contributed by atoms with Crippen molar-refractivity contribution in [3.05, 3.63) is 24.3 Å². The van der Waals surface area contributed by atoms with Gasteiger partial charge in [0.15, 0.2) is 0 Å². The Hall–Kier alpha value is -1.85. The summed E-state index contributed by atoms with van der Waals surface area (Å²) in [6, 6.07) is 6.39. The van der Waals surface area contributed by atoms with E-state index in [0.717, 1.165) is 0 Å². The summed E-state index contributed by atoms with van der Waals surface area (Å²) < 4.78 is 56.3. The normalized spacial score (nSPS) is 13.1. The third kappa shape index (κ3) is 7.71. The summed E-state index contributed by atoms with van der Waals surface area (Å²) in [5, 5.41) is 2.41. The molecule has 11 heteroatoms. The van der Waals surface area contributed by atoms with E-state index in [1.54, 1.807) is 18.2 Å². The third-order valence-corrected chi connectivity index (χ3v) is 6.09. The molecule has 0 aliphatic carbocycles. The summed E-state index contributed by atoms with van der Waals surface area (Å²) in [4.78, 5) is 11.9. The number of carbonyl (C=O) groups excluding carboxylic acids is 1. The second-order valence-corrected chi connectivity index (χ2v) is 9.14. The number of hydrogen-bond donors (Lipinski definition) is 3.